The highest BCUT2D eigenvalue weighted by atomic mass is 32.2. The molecule has 0 saturated heterocycles. The highest BCUT2D eigenvalue weighted by Crippen LogP contribution is 2.19. The van der Waals surface area contributed by atoms with E-state index < -0.39 is 10.0 Å². The Morgan fingerprint density at radius 3 is 2.47 bits per heavy atom. The van der Waals surface area contributed by atoms with E-state index in [4.69, 9.17) is 0 Å². The maximum atomic E-state index is 11.8. The summed E-state index contributed by atoms with van der Waals surface area (Å²) in [4.78, 5) is 11.7. The first-order valence-electron chi connectivity index (χ1n) is 5.92. The Hall–Kier alpha value is -1.44. The zero-order valence-electron chi connectivity index (χ0n) is 11.2. The Labute approximate surface area is 113 Å². The van der Waals surface area contributed by atoms with Gasteiger partial charge < -0.3 is 10.6 Å². The zero-order chi connectivity index (χ0) is 14.5. The quantitative estimate of drug-likeness (QED) is 0.711. The van der Waals surface area contributed by atoms with Crippen LogP contribution < -0.4 is 15.4 Å². The molecule has 7 heteroatoms. The van der Waals surface area contributed by atoms with E-state index in [1.807, 2.05) is 13.8 Å². The van der Waals surface area contributed by atoms with Gasteiger partial charge in [-0.1, -0.05) is 26.0 Å². The lowest BCUT2D eigenvalue weighted by Gasteiger charge is -2.12. The lowest BCUT2D eigenvalue weighted by Crippen LogP contribution is -2.33. The van der Waals surface area contributed by atoms with Crippen molar-refractivity contribution < 1.29 is 13.2 Å². The summed E-state index contributed by atoms with van der Waals surface area (Å²) in [6, 6.07) is 6.45. The first-order valence-corrected chi connectivity index (χ1v) is 7.41. The summed E-state index contributed by atoms with van der Waals surface area (Å²) in [5, 5.41) is 5.55. The van der Waals surface area contributed by atoms with Gasteiger partial charge in [-0.25, -0.2) is 13.1 Å². The fourth-order valence-corrected chi connectivity index (χ4v) is 2.29. The molecule has 0 radical (unpaired) electrons. The van der Waals surface area contributed by atoms with Crippen LogP contribution in [0.5, 0.6) is 0 Å². The van der Waals surface area contributed by atoms with Crippen molar-refractivity contribution in [2.75, 3.05) is 18.9 Å². The van der Waals surface area contributed by atoms with Crippen molar-refractivity contribution in [3.05, 3.63) is 24.3 Å². The molecule has 19 heavy (non-hydrogen) atoms. The SMILES string of the molecule is CNS(=O)(=O)c1ccccc1NC(=O)CNC(C)C. The van der Waals surface area contributed by atoms with Crippen LogP contribution >= 0.6 is 0 Å². The van der Waals surface area contributed by atoms with Gasteiger partial charge >= 0.3 is 0 Å². The Balaban J connectivity index is 2.88. The lowest BCUT2D eigenvalue weighted by molar-refractivity contribution is -0.115. The third-order valence-corrected chi connectivity index (χ3v) is 3.86. The number of hydrogen-bond acceptors (Lipinski definition) is 4. The van der Waals surface area contributed by atoms with Gasteiger partial charge in [0.1, 0.15) is 4.90 Å². The van der Waals surface area contributed by atoms with Crippen LogP contribution in [0, 0.1) is 0 Å². The molecule has 0 bridgehead atoms. The molecule has 0 saturated carbocycles. The topological polar surface area (TPSA) is 87.3 Å². The third kappa shape index (κ3) is 4.62. The van der Waals surface area contributed by atoms with Gasteiger partial charge in [-0.3, -0.25) is 4.79 Å². The van der Waals surface area contributed by atoms with Gasteiger partial charge in [0.15, 0.2) is 0 Å². The average Bonchev–Trinajstić information content (AvgIpc) is 2.37. The van der Waals surface area contributed by atoms with E-state index in [9.17, 15) is 13.2 Å². The maximum absolute atomic E-state index is 11.8. The number of carbonyl (C=O) groups is 1. The minimum Gasteiger partial charge on any atom is -0.324 e. The molecule has 0 aliphatic rings. The monoisotopic (exact) mass is 285 g/mol. The second-order valence-electron chi connectivity index (χ2n) is 4.29. The summed E-state index contributed by atoms with van der Waals surface area (Å²) in [7, 11) is -2.26. The van der Waals surface area contributed by atoms with Crippen molar-refractivity contribution in [3.63, 3.8) is 0 Å². The molecule has 0 atom stereocenters. The van der Waals surface area contributed by atoms with Crippen LogP contribution in [0.1, 0.15) is 13.8 Å². The normalized spacial score (nSPS) is 11.6. The zero-order valence-corrected chi connectivity index (χ0v) is 12.0. The molecular weight excluding hydrogens is 266 g/mol. The molecule has 1 aromatic carbocycles. The number of benzene rings is 1. The predicted molar refractivity (Wildman–Crippen MR) is 74.5 cm³/mol. The molecule has 106 valence electrons. The minimum atomic E-state index is -3.59. The van der Waals surface area contributed by atoms with Gasteiger partial charge in [0, 0.05) is 6.04 Å². The third-order valence-electron chi connectivity index (χ3n) is 2.39. The highest BCUT2D eigenvalue weighted by molar-refractivity contribution is 7.89. The number of amides is 1. The van der Waals surface area contributed by atoms with Gasteiger partial charge in [0.2, 0.25) is 15.9 Å². The number of sulfonamides is 1. The van der Waals surface area contributed by atoms with Crippen LogP contribution in [-0.2, 0) is 14.8 Å². The number of rotatable bonds is 6. The number of nitrogens with one attached hydrogen (secondary N) is 3. The van der Waals surface area contributed by atoms with Crippen LogP contribution in [0.25, 0.3) is 0 Å². The van der Waals surface area contributed by atoms with Crippen LogP contribution in [0.2, 0.25) is 0 Å². The van der Waals surface area contributed by atoms with Crippen molar-refractivity contribution in [2.45, 2.75) is 24.8 Å². The van der Waals surface area contributed by atoms with E-state index >= 15 is 0 Å². The van der Waals surface area contributed by atoms with Gasteiger partial charge in [0.05, 0.1) is 12.2 Å². The molecule has 0 fully saturated rings. The first kappa shape index (κ1) is 15.6. The van der Waals surface area contributed by atoms with Gasteiger partial charge in [-0.15, -0.1) is 0 Å². The summed E-state index contributed by atoms with van der Waals surface area (Å²) in [5.41, 5.74) is 0.271. The molecule has 0 aliphatic carbocycles. The van der Waals surface area contributed by atoms with Crippen LogP contribution in [-0.4, -0.2) is 34.0 Å². The van der Waals surface area contributed by atoms with Crippen molar-refractivity contribution in [2.24, 2.45) is 0 Å². The summed E-state index contributed by atoms with van der Waals surface area (Å²) < 4.78 is 25.8. The van der Waals surface area contributed by atoms with E-state index in [1.165, 1.54) is 13.1 Å². The van der Waals surface area contributed by atoms with E-state index in [1.54, 1.807) is 18.2 Å². The number of anilines is 1. The predicted octanol–water partition coefficient (Wildman–Crippen LogP) is 0.531. The molecule has 1 amide bonds. The molecule has 1 rings (SSSR count). The lowest BCUT2D eigenvalue weighted by atomic mass is 10.3. The van der Waals surface area contributed by atoms with Crippen LogP contribution in [0.15, 0.2) is 29.2 Å². The number of para-hydroxylation sites is 1. The molecule has 0 aromatic heterocycles. The number of carbonyl (C=O) groups excluding carboxylic acids is 1. The van der Waals surface area contributed by atoms with E-state index in [0.29, 0.717) is 0 Å². The van der Waals surface area contributed by atoms with E-state index in [-0.39, 0.29) is 29.1 Å². The smallest absolute Gasteiger partial charge is 0.242 e. The molecule has 0 aliphatic heterocycles. The number of hydrogen-bond donors (Lipinski definition) is 3. The Morgan fingerprint density at radius 1 is 1.26 bits per heavy atom. The van der Waals surface area contributed by atoms with Gasteiger partial charge in [-0.2, -0.15) is 0 Å². The Kier molecular flexibility index (Phi) is 5.46. The molecule has 0 heterocycles. The Morgan fingerprint density at radius 2 is 1.89 bits per heavy atom. The van der Waals surface area contributed by atoms with Crippen molar-refractivity contribution in [1.82, 2.24) is 10.0 Å². The van der Waals surface area contributed by atoms with Crippen LogP contribution in [0.4, 0.5) is 5.69 Å². The second kappa shape index (κ2) is 6.65. The minimum absolute atomic E-state index is 0.0513. The molecule has 0 spiro atoms. The first-order chi connectivity index (χ1) is 8.86. The Bertz CT molecular complexity index is 541. The average molecular weight is 285 g/mol. The second-order valence-corrected chi connectivity index (χ2v) is 6.14. The molecule has 6 nitrogen and oxygen atoms in total. The van der Waals surface area contributed by atoms with Crippen molar-refractivity contribution in [1.29, 1.82) is 0 Å². The van der Waals surface area contributed by atoms with Gasteiger partial charge in [-0.05, 0) is 19.2 Å². The van der Waals surface area contributed by atoms with Crippen LogP contribution in [0.3, 0.4) is 0 Å². The fraction of sp³-hybridized carbons (Fsp3) is 0.417. The standard InChI is InChI=1S/C12H19N3O3S/c1-9(2)14-8-12(16)15-10-6-4-5-7-11(10)19(17,18)13-3/h4-7,9,13-14H,8H2,1-3H3,(H,15,16). The fourth-order valence-electron chi connectivity index (χ4n) is 1.41. The molecule has 0 unspecified atom stereocenters. The maximum Gasteiger partial charge on any atom is 0.242 e. The summed E-state index contributed by atoms with van der Waals surface area (Å²) in [6.45, 7) is 3.98. The van der Waals surface area contributed by atoms with E-state index in [0.717, 1.165) is 0 Å². The molecule has 1 aromatic rings. The molecular formula is C12H19N3O3S. The van der Waals surface area contributed by atoms with Crippen molar-refractivity contribution in [3.8, 4) is 0 Å². The summed E-state index contributed by atoms with van der Waals surface area (Å²) >= 11 is 0. The highest BCUT2D eigenvalue weighted by Gasteiger charge is 2.17. The molecule has 3 N–H and O–H groups in total. The van der Waals surface area contributed by atoms with E-state index in [2.05, 4.69) is 15.4 Å². The summed E-state index contributed by atoms with van der Waals surface area (Å²) in [6.07, 6.45) is 0. The van der Waals surface area contributed by atoms with Gasteiger partial charge in [0.25, 0.3) is 0 Å². The summed E-state index contributed by atoms with van der Waals surface area (Å²) in [5.74, 6) is -0.285. The van der Waals surface area contributed by atoms with Crippen molar-refractivity contribution >= 4 is 21.6 Å². The largest absolute Gasteiger partial charge is 0.324 e.